The van der Waals surface area contributed by atoms with Crippen LogP contribution >= 0.6 is 0 Å². The number of H-pyrrole nitrogens is 1. The SMILES string of the molecule is CCNC(=NCCN1CCc2cc(OC)c(OC)cc2C1)NCCc1c[nH]c2ccccc12. The van der Waals surface area contributed by atoms with Gasteiger partial charge < -0.3 is 25.1 Å². The summed E-state index contributed by atoms with van der Waals surface area (Å²) in [4.78, 5) is 10.6. The van der Waals surface area contributed by atoms with Crippen LogP contribution in [0.1, 0.15) is 23.6 Å². The average Bonchev–Trinajstić information content (AvgIpc) is 3.26. The average molecular weight is 450 g/mol. The second-order valence-electron chi connectivity index (χ2n) is 8.30. The van der Waals surface area contributed by atoms with Gasteiger partial charge in [0.1, 0.15) is 0 Å². The number of aromatic amines is 1. The number of methoxy groups -OCH3 is 2. The van der Waals surface area contributed by atoms with E-state index in [0.717, 1.165) is 69.6 Å². The van der Waals surface area contributed by atoms with Crippen LogP contribution in [0.4, 0.5) is 0 Å². The molecular weight excluding hydrogens is 414 g/mol. The summed E-state index contributed by atoms with van der Waals surface area (Å²) in [6.45, 7) is 7.40. The van der Waals surface area contributed by atoms with E-state index in [-0.39, 0.29) is 0 Å². The van der Waals surface area contributed by atoms with Crippen molar-refractivity contribution in [1.82, 2.24) is 20.5 Å². The zero-order chi connectivity index (χ0) is 23.0. The van der Waals surface area contributed by atoms with E-state index in [1.807, 2.05) is 0 Å². The molecule has 1 aliphatic heterocycles. The predicted molar refractivity (Wildman–Crippen MR) is 135 cm³/mol. The Bertz CT molecular complexity index is 1090. The number of rotatable bonds is 9. The molecule has 0 aliphatic carbocycles. The van der Waals surface area contributed by atoms with Gasteiger partial charge in [-0.25, -0.2) is 0 Å². The third kappa shape index (κ3) is 5.60. The maximum Gasteiger partial charge on any atom is 0.191 e. The summed E-state index contributed by atoms with van der Waals surface area (Å²) in [5, 5.41) is 8.14. The van der Waals surface area contributed by atoms with Gasteiger partial charge in [-0.1, -0.05) is 18.2 Å². The summed E-state index contributed by atoms with van der Waals surface area (Å²) < 4.78 is 10.9. The van der Waals surface area contributed by atoms with E-state index in [2.05, 4.69) is 70.0 Å². The molecule has 176 valence electrons. The molecule has 4 rings (SSSR count). The molecule has 7 nitrogen and oxygen atoms in total. The van der Waals surface area contributed by atoms with Gasteiger partial charge in [-0.15, -0.1) is 0 Å². The van der Waals surface area contributed by atoms with E-state index < -0.39 is 0 Å². The molecule has 7 heteroatoms. The van der Waals surface area contributed by atoms with Crippen molar-refractivity contribution < 1.29 is 9.47 Å². The molecule has 0 saturated heterocycles. The van der Waals surface area contributed by atoms with E-state index in [0.29, 0.717) is 0 Å². The van der Waals surface area contributed by atoms with Gasteiger partial charge in [0, 0.05) is 49.8 Å². The van der Waals surface area contributed by atoms with E-state index in [1.54, 1.807) is 14.2 Å². The summed E-state index contributed by atoms with van der Waals surface area (Å²) in [6.07, 6.45) is 4.07. The lowest BCUT2D eigenvalue weighted by atomic mass is 9.99. The second-order valence-corrected chi connectivity index (χ2v) is 8.30. The zero-order valence-electron chi connectivity index (χ0n) is 19.9. The fourth-order valence-electron chi connectivity index (χ4n) is 4.43. The van der Waals surface area contributed by atoms with Crippen LogP contribution in [0.2, 0.25) is 0 Å². The monoisotopic (exact) mass is 449 g/mol. The minimum absolute atomic E-state index is 0.755. The zero-order valence-corrected chi connectivity index (χ0v) is 19.9. The van der Waals surface area contributed by atoms with Gasteiger partial charge in [0.2, 0.25) is 0 Å². The van der Waals surface area contributed by atoms with E-state index in [4.69, 9.17) is 14.5 Å². The number of ether oxygens (including phenoxy) is 2. The van der Waals surface area contributed by atoms with Crippen LogP contribution in [0.15, 0.2) is 47.6 Å². The van der Waals surface area contributed by atoms with Crippen molar-refractivity contribution in [3.63, 3.8) is 0 Å². The van der Waals surface area contributed by atoms with Crippen molar-refractivity contribution in [3.05, 3.63) is 59.3 Å². The third-order valence-corrected chi connectivity index (χ3v) is 6.19. The number of hydrogen-bond donors (Lipinski definition) is 3. The Morgan fingerprint density at radius 3 is 2.67 bits per heavy atom. The van der Waals surface area contributed by atoms with Crippen LogP contribution in [-0.2, 0) is 19.4 Å². The molecule has 0 spiro atoms. The summed E-state index contributed by atoms with van der Waals surface area (Å²) in [6, 6.07) is 12.7. The van der Waals surface area contributed by atoms with Crippen molar-refractivity contribution in [3.8, 4) is 11.5 Å². The molecule has 3 aromatic rings. The first kappa shape index (κ1) is 23.0. The normalized spacial score (nSPS) is 14.2. The lowest BCUT2D eigenvalue weighted by Crippen LogP contribution is -2.39. The number of benzene rings is 2. The van der Waals surface area contributed by atoms with Crippen LogP contribution in [0, 0.1) is 0 Å². The van der Waals surface area contributed by atoms with E-state index in [9.17, 15) is 0 Å². The Morgan fingerprint density at radius 2 is 1.88 bits per heavy atom. The molecule has 3 N–H and O–H groups in total. The van der Waals surface area contributed by atoms with Crippen LogP contribution in [0.3, 0.4) is 0 Å². The van der Waals surface area contributed by atoms with Gasteiger partial charge in [0.15, 0.2) is 17.5 Å². The topological polar surface area (TPSA) is 73.9 Å². The Balaban J connectivity index is 1.29. The standard InChI is InChI=1S/C26H35N5O2/c1-4-27-26(28-11-9-20-17-30-23-8-6-5-7-22(20)23)29-12-14-31-13-10-19-15-24(32-2)25(33-3)16-21(19)18-31/h5-8,15-17,30H,4,9-14,18H2,1-3H3,(H2,27,28,29). The Kier molecular flexibility index (Phi) is 7.73. The highest BCUT2D eigenvalue weighted by molar-refractivity contribution is 5.83. The third-order valence-electron chi connectivity index (χ3n) is 6.19. The smallest absolute Gasteiger partial charge is 0.191 e. The van der Waals surface area contributed by atoms with Gasteiger partial charge in [-0.05, 0) is 54.7 Å². The Labute approximate surface area is 196 Å². The molecule has 0 atom stereocenters. The fraction of sp³-hybridized carbons (Fsp3) is 0.423. The second kappa shape index (κ2) is 11.1. The quantitative estimate of drug-likeness (QED) is 0.345. The van der Waals surface area contributed by atoms with Gasteiger partial charge >= 0.3 is 0 Å². The van der Waals surface area contributed by atoms with Crippen molar-refractivity contribution >= 4 is 16.9 Å². The largest absolute Gasteiger partial charge is 0.493 e. The number of fused-ring (bicyclic) bond motifs is 2. The molecule has 0 amide bonds. The van der Waals surface area contributed by atoms with Gasteiger partial charge in [0.05, 0.1) is 20.8 Å². The van der Waals surface area contributed by atoms with Crippen molar-refractivity contribution in [1.29, 1.82) is 0 Å². The molecule has 0 bridgehead atoms. The molecule has 0 radical (unpaired) electrons. The van der Waals surface area contributed by atoms with Gasteiger partial charge in [0.25, 0.3) is 0 Å². The number of guanidine groups is 1. The number of nitrogens with zero attached hydrogens (tertiary/aromatic N) is 2. The summed E-state index contributed by atoms with van der Waals surface area (Å²) in [5.41, 5.74) is 5.17. The summed E-state index contributed by atoms with van der Waals surface area (Å²) >= 11 is 0. The molecule has 1 aliphatic rings. The Morgan fingerprint density at radius 1 is 1.09 bits per heavy atom. The number of hydrogen-bond acceptors (Lipinski definition) is 4. The highest BCUT2D eigenvalue weighted by Gasteiger charge is 2.19. The lowest BCUT2D eigenvalue weighted by molar-refractivity contribution is 0.260. The van der Waals surface area contributed by atoms with E-state index >= 15 is 0 Å². The molecule has 0 fully saturated rings. The number of para-hydroxylation sites is 1. The fourth-order valence-corrected chi connectivity index (χ4v) is 4.43. The molecule has 0 unspecified atom stereocenters. The first-order chi connectivity index (χ1) is 16.2. The summed E-state index contributed by atoms with van der Waals surface area (Å²) in [7, 11) is 3.38. The van der Waals surface area contributed by atoms with Crippen LogP contribution in [0.25, 0.3) is 10.9 Å². The van der Waals surface area contributed by atoms with Gasteiger partial charge in [-0.2, -0.15) is 0 Å². The molecule has 2 heterocycles. The molecule has 33 heavy (non-hydrogen) atoms. The molecule has 2 aromatic carbocycles. The highest BCUT2D eigenvalue weighted by Crippen LogP contribution is 2.33. The maximum atomic E-state index is 5.48. The van der Waals surface area contributed by atoms with Gasteiger partial charge in [-0.3, -0.25) is 9.89 Å². The van der Waals surface area contributed by atoms with Crippen molar-refractivity contribution in [2.75, 3.05) is 46.9 Å². The number of aromatic nitrogens is 1. The molecule has 0 saturated carbocycles. The first-order valence-electron chi connectivity index (χ1n) is 11.7. The predicted octanol–water partition coefficient (Wildman–Crippen LogP) is 3.34. The molecule has 1 aromatic heterocycles. The van der Waals surface area contributed by atoms with Crippen LogP contribution < -0.4 is 20.1 Å². The minimum Gasteiger partial charge on any atom is -0.493 e. The van der Waals surface area contributed by atoms with Crippen molar-refractivity contribution in [2.45, 2.75) is 26.3 Å². The van der Waals surface area contributed by atoms with E-state index in [1.165, 1.54) is 27.6 Å². The lowest BCUT2D eigenvalue weighted by Gasteiger charge is -2.29. The number of aliphatic imine (C=N–C) groups is 1. The van der Waals surface area contributed by atoms with Crippen LogP contribution in [-0.4, -0.2) is 62.8 Å². The molecular formula is C26H35N5O2. The Hall–Kier alpha value is -3.19. The highest BCUT2D eigenvalue weighted by atomic mass is 16.5. The maximum absolute atomic E-state index is 5.48. The summed E-state index contributed by atoms with van der Waals surface area (Å²) in [5.74, 6) is 2.48. The number of nitrogens with one attached hydrogen (secondary N) is 3. The first-order valence-corrected chi connectivity index (χ1v) is 11.7. The van der Waals surface area contributed by atoms with Crippen molar-refractivity contribution in [2.24, 2.45) is 4.99 Å². The van der Waals surface area contributed by atoms with Crippen LogP contribution in [0.5, 0.6) is 11.5 Å². The minimum atomic E-state index is 0.755.